The van der Waals surface area contributed by atoms with E-state index in [2.05, 4.69) is 34.6 Å². The minimum absolute atomic E-state index is 0.000000000000000222. The van der Waals surface area contributed by atoms with Crippen LogP contribution in [0.1, 0.15) is 53.9 Å². The Morgan fingerprint density at radius 2 is 1.17 bits per heavy atom. The first-order chi connectivity index (χ1) is 5.39. The van der Waals surface area contributed by atoms with Crippen molar-refractivity contribution in [2.75, 3.05) is 0 Å². The van der Waals surface area contributed by atoms with Crippen LogP contribution in [0.3, 0.4) is 0 Å². The molecule has 1 aliphatic carbocycles. The quantitative estimate of drug-likeness (QED) is 0.678. The third kappa shape index (κ3) is 4.76. The summed E-state index contributed by atoms with van der Waals surface area (Å²) < 4.78 is 0. The van der Waals surface area contributed by atoms with Crippen LogP contribution in [0.25, 0.3) is 0 Å². The summed E-state index contributed by atoms with van der Waals surface area (Å²) in [5.41, 5.74) is 6.00. The van der Waals surface area contributed by atoms with Crippen LogP contribution >= 0.6 is 0 Å². The lowest BCUT2D eigenvalue weighted by Gasteiger charge is -2.33. The number of rotatable bonds is 2. The van der Waals surface area contributed by atoms with Crippen molar-refractivity contribution in [3.8, 4) is 0 Å². The van der Waals surface area contributed by atoms with Gasteiger partial charge in [0.1, 0.15) is 0 Å². The molecule has 1 aliphatic rings. The molecule has 0 aromatic heterocycles. The molecule has 0 unspecified atom stereocenters. The third-order valence-corrected chi connectivity index (χ3v) is 2.84. The zero-order valence-corrected chi connectivity index (χ0v) is 9.35. The Bertz CT molecular complexity index is 99.4. The van der Waals surface area contributed by atoms with Crippen LogP contribution in [0.15, 0.2) is 0 Å². The van der Waals surface area contributed by atoms with Gasteiger partial charge >= 0.3 is 0 Å². The average molecular weight is 171 g/mol. The zero-order chi connectivity index (χ0) is 9.78. The normalized spacial score (nSPS) is 16.0. The second-order valence-electron chi connectivity index (χ2n) is 4.74. The first-order valence-corrected chi connectivity index (χ1v) is 5.18. The first-order valence-electron chi connectivity index (χ1n) is 5.18. The third-order valence-electron chi connectivity index (χ3n) is 2.84. The fraction of sp³-hybridized carbons (Fsp3) is 1.00. The average Bonchev–Trinajstić information content (AvgIpc) is 2.70. The lowest BCUT2D eigenvalue weighted by molar-refractivity contribution is 0.250. The summed E-state index contributed by atoms with van der Waals surface area (Å²) >= 11 is 0. The van der Waals surface area contributed by atoms with Crippen LogP contribution in [0.4, 0.5) is 0 Å². The maximum Gasteiger partial charge on any atom is 0.0172 e. The molecule has 0 saturated heterocycles. The molecule has 0 aromatic carbocycles. The van der Waals surface area contributed by atoms with Gasteiger partial charge in [0.25, 0.3) is 0 Å². The number of hydrogen-bond donors (Lipinski definition) is 1. The lowest BCUT2D eigenvalue weighted by Crippen LogP contribution is -2.46. The van der Waals surface area contributed by atoms with Gasteiger partial charge in [0.05, 0.1) is 0 Å². The van der Waals surface area contributed by atoms with Crippen molar-refractivity contribution >= 4 is 0 Å². The van der Waals surface area contributed by atoms with Crippen molar-refractivity contribution in [1.29, 1.82) is 0 Å². The molecule has 1 nitrogen and oxygen atoms in total. The second-order valence-corrected chi connectivity index (χ2v) is 4.74. The summed E-state index contributed by atoms with van der Waals surface area (Å²) in [5, 5.41) is 0. The zero-order valence-electron chi connectivity index (χ0n) is 9.35. The van der Waals surface area contributed by atoms with E-state index in [4.69, 9.17) is 5.73 Å². The molecule has 2 N–H and O–H groups in total. The minimum atomic E-state index is 0.000000000000000222. The Morgan fingerprint density at radius 3 is 1.17 bits per heavy atom. The Hall–Kier alpha value is -0.0400. The van der Waals surface area contributed by atoms with Gasteiger partial charge in [-0.05, 0) is 18.8 Å². The molecule has 0 atom stereocenters. The maximum atomic E-state index is 6.00. The summed E-state index contributed by atoms with van der Waals surface area (Å²) in [7, 11) is 0. The van der Waals surface area contributed by atoms with Crippen molar-refractivity contribution < 1.29 is 0 Å². The molecule has 1 heteroatoms. The van der Waals surface area contributed by atoms with Crippen LogP contribution in [-0.4, -0.2) is 5.54 Å². The fourth-order valence-corrected chi connectivity index (χ4v) is 0.667. The summed E-state index contributed by atoms with van der Waals surface area (Å²) in [5.74, 6) is 1.13. The van der Waals surface area contributed by atoms with E-state index in [0.717, 1.165) is 0 Å². The Morgan fingerprint density at radius 1 is 0.917 bits per heavy atom. The Balaban J connectivity index is 0.000000330. The lowest BCUT2D eigenvalue weighted by atomic mass is 9.80. The van der Waals surface area contributed by atoms with Gasteiger partial charge in [-0.15, -0.1) is 0 Å². The minimum Gasteiger partial charge on any atom is -0.325 e. The Labute approximate surface area is 77.7 Å². The van der Waals surface area contributed by atoms with Gasteiger partial charge in [-0.1, -0.05) is 47.0 Å². The molecule has 0 bridgehead atoms. The van der Waals surface area contributed by atoms with Crippen molar-refractivity contribution in [1.82, 2.24) is 0 Å². The van der Waals surface area contributed by atoms with Gasteiger partial charge in [0.15, 0.2) is 0 Å². The van der Waals surface area contributed by atoms with Crippen molar-refractivity contribution in [2.45, 2.75) is 59.4 Å². The fourth-order valence-electron chi connectivity index (χ4n) is 0.667. The van der Waals surface area contributed by atoms with Gasteiger partial charge < -0.3 is 5.73 Å². The van der Waals surface area contributed by atoms with E-state index < -0.39 is 0 Å². The highest BCUT2D eigenvalue weighted by atomic mass is 14.7. The summed E-state index contributed by atoms with van der Waals surface area (Å²) in [4.78, 5) is 0. The van der Waals surface area contributed by atoms with E-state index in [9.17, 15) is 0 Å². The molecule has 0 amide bonds. The van der Waals surface area contributed by atoms with Gasteiger partial charge in [-0.2, -0.15) is 0 Å². The van der Waals surface area contributed by atoms with Crippen molar-refractivity contribution in [3.05, 3.63) is 0 Å². The van der Waals surface area contributed by atoms with Gasteiger partial charge in [0.2, 0.25) is 0 Å². The molecule has 0 aromatic rings. The summed E-state index contributed by atoms with van der Waals surface area (Å²) in [6, 6.07) is 0. The van der Waals surface area contributed by atoms with E-state index in [1.54, 1.807) is 0 Å². The van der Waals surface area contributed by atoms with E-state index >= 15 is 0 Å². The smallest absolute Gasteiger partial charge is 0.0172 e. The predicted octanol–water partition coefficient (Wildman–Crippen LogP) is 3.19. The van der Waals surface area contributed by atoms with Crippen molar-refractivity contribution in [2.24, 2.45) is 17.6 Å². The van der Waals surface area contributed by atoms with Crippen LogP contribution < -0.4 is 5.73 Å². The highest BCUT2D eigenvalue weighted by Gasteiger charge is 2.26. The van der Waals surface area contributed by atoms with E-state index in [-0.39, 0.29) is 5.54 Å². The van der Waals surface area contributed by atoms with E-state index in [1.165, 1.54) is 19.3 Å². The van der Waals surface area contributed by atoms with Crippen LogP contribution in [0, 0.1) is 11.8 Å². The highest BCUT2D eigenvalue weighted by Crippen LogP contribution is 2.21. The molecule has 12 heavy (non-hydrogen) atoms. The molecule has 0 spiro atoms. The number of hydrogen-bond acceptors (Lipinski definition) is 1. The molecular weight excluding hydrogens is 146 g/mol. The molecule has 0 radical (unpaired) electrons. The topological polar surface area (TPSA) is 26.0 Å². The van der Waals surface area contributed by atoms with E-state index in [1.807, 2.05) is 0 Å². The summed E-state index contributed by atoms with van der Waals surface area (Å²) in [6.45, 7) is 10.8. The molecule has 1 fully saturated rings. The van der Waals surface area contributed by atoms with Gasteiger partial charge in [0, 0.05) is 5.54 Å². The largest absolute Gasteiger partial charge is 0.325 e. The van der Waals surface area contributed by atoms with Crippen LogP contribution in [-0.2, 0) is 0 Å². The van der Waals surface area contributed by atoms with Crippen LogP contribution in [0.5, 0.6) is 0 Å². The molecule has 1 rings (SSSR count). The maximum absolute atomic E-state index is 6.00. The first kappa shape index (κ1) is 12.0. The highest BCUT2D eigenvalue weighted by molar-refractivity contribution is 4.84. The molecule has 74 valence electrons. The number of nitrogens with two attached hydrogens (primary N) is 1. The molecule has 1 saturated carbocycles. The predicted molar refractivity (Wildman–Crippen MR) is 56.1 cm³/mol. The monoisotopic (exact) mass is 171 g/mol. The van der Waals surface area contributed by atoms with Gasteiger partial charge in [-0.3, -0.25) is 0 Å². The molecule has 0 aliphatic heterocycles. The standard InChI is InChI=1S/C8H19N.C3H6/c1-6(2)8(5,9)7(3)4;1-2-3-1/h6-7H,9H2,1-5H3;1-3H2. The van der Waals surface area contributed by atoms with Crippen LogP contribution in [0.2, 0.25) is 0 Å². The summed E-state index contributed by atoms with van der Waals surface area (Å²) in [6.07, 6.45) is 4.50. The van der Waals surface area contributed by atoms with E-state index in [0.29, 0.717) is 11.8 Å². The second kappa shape index (κ2) is 4.86. The van der Waals surface area contributed by atoms with Gasteiger partial charge in [-0.25, -0.2) is 0 Å². The van der Waals surface area contributed by atoms with Crippen molar-refractivity contribution in [3.63, 3.8) is 0 Å². The molecule has 0 heterocycles. The Kier molecular flexibility index (Phi) is 4.84. The molecular formula is C11H25N. The SMILES string of the molecule is C1CC1.CC(C)C(C)(N)C(C)C.